The summed E-state index contributed by atoms with van der Waals surface area (Å²) in [6.45, 7) is 5.60. The molecule has 7 heteroatoms. The number of hydrogen-bond donors (Lipinski definition) is 2. The monoisotopic (exact) mass is 437 g/mol. The van der Waals surface area contributed by atoms with Crippen LogP contribution in [0, 0.1) is 6.92 Å². The summed E-state index contributed by atoms with van der Waals surface area (Å²) in [6.07, 6.45) is 8.24. The van der Waals surface area contributed by atoms with Crippen LogP contribution in [0.15, 0.2) is 59.7 Å². The molecule has 170 valence electrons. The summed E-state index contributed by atoms with van der Waals surface area (Å²) in [4.78, 5) is 40.3. The minimum atomic E-state index is -0.816. The van der Waals surface area contributed by atoms with Crippen LogP contribution in [0.5, 0.6) is 0 Å². The van der Waals surface area contributed by atoms with Crippen molar-refractivity contribution in [2.45, 2.75) is 51.1 Å². The average Bonchev–Trinajstić information content (AvgIpc) is 3.34. The third-order valence-electron chi connectivity index (χ3n) is 5.79. The Kier molecular flexibility index (Phi) is 8.25. The van der Waals surface area contributed by atoms with Gasteiger partial charge >= 0.3 is 0 Å². The van der Waals surface area contributed by atoms with Gasteiger partial charge in [0, 0.05) is 12.6 Å². The van der Waals surface area contributed by atoms with Crippen LogP contribution in [0.2, 0.25) is 0 Å². The van der Waals surface area contributed by atoms with Gasteiger partial charge in [-0.2, -0.15) is 0 Å². The van der Waals surface area contributed by atoms with Gasteiger partial charge in [0.1, 0.15) is 6.04 Å². The Balaban J connectivity index is 1.82. The van der Waals surface area contributed by atoms with Gasteiger partial charge in [0.25, 0.3) is 5.91 Å². The highest BCUT2D eigenvalue weighted by molar-refractivity contribution is 5.95. The standard InChI is InChI=1S/C25H31N3O4/c1-3-15-28(22(29)17-26-24(30)21-14-9-16-32-21)23(20-13-8-7-10-18(20)2)25(31)27-19-11-5-4-6-12-19/h3,7-10,13-14,16,19,23H,1,4-6,11-12,15,17H2,2H3,(H,26,30)(H,27,31)/t23-/m1/s1. The number of rotatable bonds is 9. The number of carbonyl (C=O) groups is 3. The number of hydrogen-bond acceptors (Lipinski definition) is 4. The third kappa shape index (κ3) is 5.87. The topological polar surface area (TPSA) is 91.7 Å². The lowest BCUT2D eigenvalue weighted by molar-refractivity contribution is -0.140. The molecule has 3 amide bonds. The highest BCUT2D eigenvalue weighted by Crippen LogP contribution is 2.26. The summed E-state index contributed by atoms with van der Waals surface area (Å²) in [5.74, 6) is -0.949. The van der Waals surface area contributed by atoms with E-state index in [1.54, 1.807) is 12.1 Å². The van der Waals surface area contributed by atoms with E-state index in [0.29, 0.717) is 0 Å². The predicted molar refractivity (Wildman–Crippen MR) is 122 cm³/mol. The van der Waals surface area contributed by atoms with Crippen molar-refractivity contribution in [1.29, 1.82) is 0 Å². The summed E-state index contributed by atoms with van der Waals surface area (Å²) in [6, 6.07) is 9.97. The molecule has 1 aliphatic rings. The molecule has 2 aromatic rings. The van der Waals surface area contributed by atoms with Crippen molar-refractivity contribution in [1.82, 2.24) is 15.5 Å². The molecular weight excluding hydrogens is 406 g/mol. The van der Waals surface area contributed by atoms with Crippen molar-refractivity contribution in [2.24, 2.45) is 0 Å². The number of nitrogens with one attached hydrogen (secondary N) is 2. The zero-order valence-electron chi connectivity index (χ0n) is 18.5. The second-order valence-electron chi connectivity index (χ2n) is 8.10. The summed E-state index contributed by atoms with van der Waals surface area (Å²) in [5.41, 5.74) is 1.67. The molecule has 1 atom stereocenters. The zero-order valence-corrected chi connectivity index (χ0v) is 18.5. The molecule has 7 nitrogen and oxygen atoms in total. The van der Waals surface area contributed by atoms with Crippen molar-refractivity contribution < 1.29 is 18.8 Å². The fourth-order valence-corrected chi connectivity index (χ4v) is 4.11. The molecule has 0 saturated heterocycles. The zero-order chi connectivity index (χ0) is 22.9. The Morgan fingerprint density at radius 3 is 2.56 bits per heavy atom. The van der Waals surface area contributed by atoms with Crippen LogP contribution in [0.4, 0.5) is 0 Å². The minimum absolute atomic E-state index is 0.113. The second-order valence-corrected chi connectivity index (χ2v) is 8.10. The smallest absolute Gasteiger partial charge is 0.287 e. The van der Waals surface area contributed by atoms with Gasteiger partial charge in [-0.3, -0.25) is 14.4 Å². The molecule has 1 aromatic heterocycles. The van der Waals surface area contributed by atoms with E-state index in [1.807, 2.05) is 31.2 Å². The van der Waals surface area contributed by atoms with Crippen LogP contribution in [0.3, 0.4) is 0 Å². The lowest BCUT2D eigenvalue weighted by Crippen LogP contribution is -2.49. The normalized spacial score (nSPS) is 14.9. The quantitative estimate of drug-likeness (QED) is 0.587. The molecular formula is C25H31N3O4. The van der Waals surface area contributed by atoms with Crippen molar-refractivity contribution >= 4 is 17.7 Å². The van der Waals surface area contributed by atoms with E-state index in [4.69, 9.17) is 4.42 Å². The Morgan fingerprint density at radius 1 is 1.16 bits per heavy atom. The number of aryl methyl sites for hydroxylation is 1. The Morgan fingerprint density at radius 2 is 1.91 bits per heavy atom. The van der Waals surface area contributed by atoms with Crippen LogP contribution in [0.1, 0.15) is 59.8 Å². The Labute approximate surface area is 188 Å². The Hall–Kier alpha value is -3.35. The van der Waals surface area contributed by atoms with E-state index >= 15 is 0 Å². The van der Waals surface area contributed by atoms with E-state index < -0.39 is 11.9 Å². The molecule has 0 bridgehead atoms. The molecule has 32 heavy (non-hydrogen) atoms. The molecule has 1 aromatic carbocycles. The molecule has 1 aliphatic carbocycles. The number of amides is 3. The van der Waals surface area contributed by atoms with Gasteiger partial charge < -0.3 is 20.0 Å². The first-order valence-electron chi connectivity index (χ1n) is 11.1. The first-order chi connectivity index (χ1) is 15.5. The summed E-state index contributed by atoms with van der Waals surface area (Å²) in [7, 11) is 0. The average molecular weight is 438 g/mol. The van der Waals surface area contributed by atoms with Crippen LogP contribution in [-0.4, -0.2) is 41.8 Å². The minimum Gasteiger partial charge on any atom is -0.459 e. The maximum atomic E-state index is 13.5. The number of carbonyl (C=O) groups excluding carboxylic acids is 3. The van der Waals surface area contributed by atoms with Gasteiger partial charge in [-0.15, -0.1) is 6.58 Å². The summed E-state index contributed by atoms with van der Waals surface area (Å²) < 4.78 is 5.07. The van der Waals surface area contributed by atoms with E-state index in [0.717, 1.165) is 36.8 Å². The fourth-order valence-electron chi connectivity index (χ4n) is 4.11. The SMILES string of the molecule is C=CCN(C(=O)CNC(=O)c1ccco1)[C@@H](C(=O)NC1CCCCC1)c1ccccc1C. The van der Waals surface area contributed by atoms with Gasteiger partial charge in [-0.05, 0) is 43.0 Å². The van der Waals surface area contributed by atoms with Crippen molar-refractivity contribution in [3.63, 3.8) is 0 Å². The predicted octanol–water partition coefficient (Wildman–Crippen LogP) is 3.52. The van der Waals surface area contributed by atoms with Crippen LogP contribution >= 0.6 is 0 Å². The van der Waals surface area contributed by atoms with E-state index in [1.165, 1.54) is 23.7 Å². The summed E-state index contributed by atoms with van der Waals surface area (Å²) >= 11 is 0. The maximum Gasteiger partial charge on any atom is 0.287 e. The van der Waals surface area contributed by atoms with Gasteiger partial charge in [0.05, 0.1) is 12.8 Å². The lowest BCUT2D eigenvalue weighted by Gasteiger charge is -2.33. The first kappa shape index (κ1) is 23.3. The van der Waals surface area contributed by atoms with Crippen LogP contribution in [0.25, 0.3) is 0 Å². The molecule has 2 N–H and O–H groups in total. The van der Waals surface area contributed by atoms with Crippen LogP contribution in [-0.2, 0) is 9.59 Å². The number of benzene rings is 1. The van der Waals surface area contributed by atoms with Crippen molar-refractivity contribution in [3.8, 4) is 0 Å². The van der Waals surface area contributed by atoms with Gasteiger partial charge in [-0.25, -0.2) is 0 Å². The molecule has 0 aliphatic heterocycles. The maximum absolute atomic E-state index is 13.5. The van der Waals surface area contributed by atoms with Crippen molar-refractivity contribution in [3.05, 3.63) is 72.2 Å². The van der Waals surface area contributed by atoms with Crippen molar-refractivity contribution in [2.75, 3.05) is 13.1 Å². The molecule has 1 saturated carbocycles. The van der Waals surface area contributed by atoms with E-state index in [-0.39, 0.29) is 36.7 Å². The van der Waals surface area contributed by atoms with Gasteiger partial charge in [-0.1, -0.05) is 49.6 Å². The number of nitrogens with zero attached hydrogens (tertiary/aromatic N) is 1. The molecule has 3 rings (SSSR count). The van der Waals surface area contributed by atoms with Gasteiger partial charge in [0.15, 0.2) is 5.76 Å². The third-order valence-corrected chi connectivity index (χ3v) is 5.79. The molecule has 0 spiro atoms. The highest BCUT2D eigenvalue weighted by atomic mass is 16.3. The molecule has 1 fully saturated rings. The largest absolute Gasteiger partial charge is 0.459 e. The number of furan rings is 1. The van der Waals surface area contributed by atoms with Crippen LogP contribution < -0.4 is 10.6 Å². The highest BCUT2D eigenvalue weighted by Gasteiger charge is 2.33. The molecule has 0 radical (unpaired) electrons. The Bertz CT molecular complexity index is 932. The fraction of sp³-hybridized carbons (Fsp3) is 0.400. The summed E-state index contributed by atoms with van der Waals surface area (Å²) in [5, 5.41) is 5.73. The molecule has 0 unspecified atom stereocenters. The molecule has 1 heterocycles. The second kappa shape index (κ2) is 11.3. The van der Waals surface area contributed by atoms with E-state index in [9.17, 15) is 14.4 Å². The lowest BCUT2D eigenvalue weighted by atomic mass is 9.94. The van der Waals surface area contributed by atoms with E-state index in [2.05, 4.69) is 17.2 Å². The first-order valence-corrected chi connectivity index (χ1v) is 11.1. The van der Waals surface area contributed by atoms with Gasteiger partial charge in [0.2, 0.25) is 11.8 Å².